The van der Waals surface area contributed by atoms with Gasteiger partial charge in [0, 0.05) is 19.2 Å². The summed E-state index contributed by atoms with van der Waals surface area (Å²) in [7, 11) is 1.64. The molecule has 2 N–H and O–H groups in total. The number of nitrogens with one attached hydrogen (secondary N) is 1. The first kappa shape index (κ1) is 17.3. The van der Waals surface area contributed by atoms with Crippen molar-refractivity contribution in [3.05, 3.63) is 22.2 Å². The smallest absolute Gasteiger partial charge is 0.175 e. The maximum absolute atomic E-state index is 8.82. The minimum atomic E-state index is 0.244. The molecule has 20 heavy (non-hydrogen) atoms. The summed E-state index contributed by atoms with van der Waals surface area (Å²) in [4.78, 5) is 0. The zero-order valence-electron chi connectivity index (χ0n) is 12.4. The molecule has 1 rings (SSSR count). The molecule has 0 aliphatic rings. The lowest BCUT2D eigenvalue weighted by molar-refractivity contribution is 0.276. The average Bonchev–Trinajstić information content (AvgIpc) is 2.45. The van der Waals surface area contributed by atoms with Crippen molar-refractivity contribution in [3.63, 3.8) is 0 Å². The normalized spacial score (nSPS) is 12.2. The Bertz CT molecular complexity index is 412. The van der Waals surface area contributed by atoms with Crippen molar-refractivity contribution in [2.75, 3.05) is 20.3 Å². The number of ether oxygens (including phenoxy) is 2. The van der Waals surface area contributed by atoms with Gasteiger partial charge in [-0.05, 0) is 60.3 Å². The molecular weight excluding hydrogens is 322 g/mol. The SMILES string of the molecule is CCOc1c(Br)cc(CNC(C)CCCO)cc1OC. The number of halogens is 1. The molecule has 1 aromatic carbocycles. The van der Waals surface area contributed by atoms with Crippen LogP contribution in [0.4, 0.5) is 0 Å². The molecule has 0 bridgehead atoms. The zero-order valence-corrected chi connectivity index (χ0v) is 14.0. The van der Waals surface area contributed by atoms with E-state index in [1.165, 1.54) is 0 Å². The third-order valence-electron chi connectivity index (χ3n) is 3.03. The van der Waals surface area contributed by atoms with Gasteiger partial charge >= 0.3 is 0 Å². The summed E-state index contributed by atoms with van der Waals surface area (Å²) in [6.07, 6.45) is 1.79. The van der Waals surface area contributed by atoms with Gasteiger partial charge in [-0.15, -0.1) is 0 Å². The average molecular weight is 346 g/mol. The van der Waals surface area contributed by atoms with Crippen LogP contribution in [-0.2, 0) is 6.54 Å². The number of hydrogen-bond donors (Lipinski definition) is 2. The summed E-state index contributed by atoms with van der Waals surface area (Å²) in [5, 5.41) is 12.3. The summed E-state index contributed by atoms with van der Waals surface area (Å²) in [5.41, 5.74) is 1.13. The van der Waals surface area contributed by atoms with Crippen LogP contribution in [0.1, 0.15) is 32.3 Å². The molecule has 0 aliphatic heterocycles. The number of aliphatic hydroxyl groups excluding tert-OH is 1. The minimum Gasteiger partial charge on any atom is -0.493 e. The van der Waals surface area contributed by atoms with Crippen LogP contribution in [0.2, 0.25) is 0 Å². The second kappa shape index (κ2) is 9.21. The topological polar surface area (TPSA) is 50.7 Å². The Hall–Kier alpha value is -0.780. The molecule has 0 amide bonds. The largest absolute Gasteiger partial charge is 0.493 e. The molecule has 0 radical (unpaired) electrons. The van der Waals surface area contributed by atoms with Crippen LogP contribution >= 0.6 is 15.9 Å². The van der Waals surface area contributed by atoms with Crippen molar-refractivity contribution in [3.8, 4) is 11.5 Å². The van der Waals surface area contributed by atoms with Gasteiger partial charge in [-0.25, -0.2) is 0 Å². The van der Waals surface area contributed by atoms with E-state index in [1.807, 2.05) is 19.1 Å². The number of methoxy groups -OCH3 is 1. The van der Waals surface area contributed by atoms with Gasteiger partial charge in [0.2, 0.25) is 0 Å². The van der Waals surface area contributed by atoms with Crippen molar-refractivity contribution >= 4 is 15.9 Å². The summed E-state index contributed by atoms with van der Waals surface area (Å²) in [6.45, 7) is 5.67. The first-order valence-corrected chi connectivity index (χ1v) is 7.75. The van der Waals surface area contributed by atoms with Crippen LogP contribution in [0, 0.1) is 0 Å². The standard InChI is InChI=1S/C15H24BrNO3/c1-4-20-15-13(16)8-12(9-14(15)19-3)10-17-11(2)6-5-7-18/h8-9,11,17-18H,4-7,10H2,1-3H3. The maximum atomic E-state index is 8.82. The number of rotatable bonds is 9. The molecule has 1 atom stereocenters. The Morgan fingerprint density at radius 1 is 1.40 bits per heavy atom. The highest BCUT2D eigenvalue weighted by molar-refractivity contribution is 9.10. The molecule has 0 aromatic heterocycles. The van der Waals surface area contributed by atoms with Crippen LogP contribution in [0.15, 0.2) is 16.6 Å². The van der Waals surface area contributed by atoms with E-state index in [-0.39, 0.29) is 6.61 Å². The van der Waals surface area contributed by atoms with Gasteiger partial charge in [0.15, 0.2) is 11.5 Å². The van der Waals surface area contributed by atoms with Crippen molar-refractivity contribution < 1.29 is 14.6 Å². The molecule has 5 heteroatoms. The molecule has 0 saturated carbocycles. The van der Waals surface area contributed by atoms with E-state index >= 15 is 0 Å². The second-order valence-corrected chi connectivity index (χ2v) is 5.54. The van der Waals surface area contributed by atoms with Gasteiger partial charge < -0.3 is 19.9 Å². The highest BCUT2D eigenvalue weighted by Gasteiger charge is 2.11. The summed E-state index contributed by atoms with van der Waals surface area (Å²) in [5.74, 6) is 1.48. The van der Waals surface area contributed by atoms with Crippen molar-refractivity contribution in [1.29, 1.82) is 0 Å². The highest BCUT2D eigenvalue weighted by Crippen LogP contribution is 2.36. The summed E-state index contributed by atoms with van der Waals surface area (Å²) >= 11 is 3.52. The molecule has 1 unspecified atom stereocenters. The Morgan fingerprint density at radius 2 is 2.15 bits per heavy atom. The quantitative estimate of drug-likeness (QED) is 0.721. The Balaban J connectivity index is 2.69. The van der Waals surface area contributed by atoms with Crippen LogP contribution in [0.5, 0.6) is 11.5 Å². The molecule has 0 saturated heterocycles. The fourth-order valence-electron chi connectivity index (χ4n) is 1.95. The molecule has 0 aliphatic carbocycles. The molecule has 0 fully saturated rings. The monoisotopic (exact) mass is 345 g/mol. The van der Waals surface area contributed by atoms with Gasteiger partial charge in [-0.2, -0.15) is 0 Å². The van der Waals surface area contributed by atoms with E-state index in [2.05, 4.69) is 28.2 Å². The molecule has 0 heterocycles. The van der Waals surface area contributed by atoms with Gasteiger partial charge in [-0.3, -0.25) is 0 Å². The van der Waals surface area contributed by atoms with E-state index < -0.39 is 0 Å². The van der Waals surface area contributed by atoms with Gasteiger partial charge in [0.1, 0.15) is 0 Å². The first-order valence-electron chi connectivity index (χ1n) is 6.95. The number of benzene rings is 1. The Kier molecular flexibility index (Phi) is 7.95. The lowest BCUT2D eigenvalue weighted by atomic mass is 10.1. The van der Waals surface area contributed by atoms with E-state index in [4.69, 9.17) is 14.6 Å². The van der Waals surface area contributed by atoms with Crippen molar-refractivity contribution in [2.24, 2.45) is 0 Å². The fourth-order valence-corrected chi connectivity index (χ4v) is 2.56. The van der Waals surface area contributed by atoms with Gasteiger partial charge in [0.25, 0.3) is 0 Å². The van der Waals surface area contributed by atoms with Crippen LogP contribution < -0.4 is 14.8 Å². The van der Waals surface area contributed by atoms with Gasteiger partial charge in [-0.1, -0.05) is 0 Å². The lowest BCUT2D eigenvalue weighted by Gasteiger charge is -2.16. The van der Waals surface area contributed by atoms with E-state index in [0.717, 1.165) is 40.9 Å². The molecular formula is C15H24BrNO3. The third-order valence-corrected chi connectivity index (χ3v) is 3.62. The Labute approximate surface area is 129 Å². The second-order valence-electron chi connectivity index (χ2n) is 4.69. The van der Waals surface area contributed by atoms with E-state index in [9.17, 15) is 0 Å². The van der Waals surface area contributed by atoms with Gasteiger partial charge in [0.05, 0.1) is 18.2 Å². The third kappa shape index (κ3) is 5.31. The summed E-state index contributed by atoms with van der Waals surface area (Å²) in [6, 6.07) is 4.40. The van der Waals surface area contributed by atoms with E-state index in [1.54, 1.807) is 7.11 Å². The van der Waals surface area contributed by atoms with E-state index in [0.29, 0.717) is 12.6 Å². The predicted molar refractivity (Wildman–Crippen MR) is 84.5 cm³/mol. The highest BCUT2D eigenvalue weighted by atomic mass is 79.9. The summed E-state index contributed by atoms with van der Waals surface area (Å²) < 4.78 is 11.8. The zero-order chi connectivity index (χ0) is 15.0. The maximum Gasteiger partial charge on any atom is 0.175 e. The number of aliphatic hydroxyl groups is 1. The number of hydrogen-bond acceptors (Lipinski definition) is 4. The van der Waals surface area contributed by atoms with Crippen LogP contribution in [0.3, 0.4) is 0 Å². The predicted octanol–water partition coefficient (Wildman–Crippen LogP) is 3.11. The molecule has 114 valence electrons. The minimum absolute atomic E-state index is 0.244. The van der Waals surface area contributed by atoms with Crippen LogP contribution in [-0.4, -0.2) is 31.5 Å². The first-order chi connectivity index (χ1) is 9.62. The fraction of sp³-hybridized carbons (Fsp3) is 0.600. The van der Waals surface area contributed by atoms with Crippen molar-refractivity contribution in [1.82, 2.24) is 5.32 Å². The lowest BCUT2D eigenvalue weighted by Crippen LogP contribution is -2.25. The molecule has 4 nitrogen and oxygen atoms in total. The molecule has 1 aromatic rings. The Morgan fingerprint density at radius 3 is 2.75 bits per heavy atom. The van der Waals surface area contributed by atoms with Crippen molar-refractivity contribution in [2.45, 2.75) is 39.3 Å². The van der Waals surface area contributed by atoms with Crippen LogP contribution in [0.25, 0.3) is 0 Å². The molecule has 0 spiro atoms.